The second-order valence-corrected chi connectivity index (χ2v) is 3.33. The number of halogens is 3. The van der Waals surface area contributed by atoms with Gasteiger partial charge < -0.3 is 5.32 Å². The molecule has 1 N–H and O–H groups in total. The summed E-state index contributed by atoms with van der Waals surface area (Å²) in [6.45, 7) is 0.263. The van der Waals surface area contributed by atoms with Gasteiger partial charge in [0, 0.05) is 18.5 Å². The van der Waals surface area contributed by atoms with Crippen molar-refractivity contribution in [2.75, 3.05) is 11.9 Å². The number of fused-ring (bicyclic) bond motifs is 1. The average molecular weight is 215 g/mol. The molecular formula is C10H8F3NO. The first-order valence-corrected chi connectivity index (χ1v) is 4.47. The Hall–Kier alpha value is -1.52. The van der Waals surface area contributed by atoms with Gasteiger partial charge in [-0.3, -0.25) is 4.79 Å². The average Bonchev–Trinajstić information content (AvgIpc) is 2.16. The van der Waals surface area contributed by atoms with E-state index < -0.39 is 11.7 Å². The molecule has 1 aromatic carbocycles. The topological polar surface area (TPSA) is 29.1 Å². The van der Waals surface area contributed by atoms with E-state index >= 15 is 0 Å². The summed E-state index contributed by atoms with van der Waals surface area (Å²) in [5.41, 5.74) is -0.717. The molecule has 1 heterocycles. The number of para-hydroxylation sites is 1. The van der Waals surface area contributed by atoms with E-state index in [1.165, 1.54) is 12.1 Å². The number of hydrogen-bond acceptors (Lipinski definition) is 2. The molecule has 0 spiro atoms. The normalized spacial score (nSPS) is 15.8. The van der Waals surface area contributed by atoms with Crippen molar-refractivity contribution in [2.24, 2.45) is 0 Å². The van der Waals surface area contributed by atoms with Gasteiger partial charge in [0.1, 0.15) is 0 Å². The molecule has 0 atom stereocenters. The Balaban J connectivity index is 2.59. The van der Waals surface area contributed by atoms with E-state index in [1.54, 1.807) is 0 Å². The summed E-state index contributed by atoms with van der Waals surface area (Å²) < 4.78 is 37.7. The van der Waals surface area contributed by atoms with Gasteiger partial charge in [-0.1, -0.05) is 6.07 Å². The van der Waals surface area contributed by atoms with Gasteiger partial charge in [-0.2, -0.15) is 13.2 Å². The molecule has 2 nitrogen and oxygen atoms in total. The zero-order valence-corrected chi connectivity index (χ0v) is 7.69. The predicted octanol–water partition coefficient (Wildman–Crippen LogP) is 2.70. The third-order valence-corrected chi connectivity index (χ3v) is 2.32. The molecule has 1 aliphatic heterocycles. The molecule has 15 heavy (non-hydrogen) atoms. The number of anilines is 1. The maximum atomic E-state index is 12.6. The first-order valence-electron chi connectivity index (χ1n) is 4.47. The van der Waals surface area contributed by atoms with Crippen LogP contribution < -0.4 is 5.32 Å². The largest absolute Gasteiger partial charge is 0.418 e. The Kier molecular flexibility index (Phi) is 2.17. The third kappa shape index (κ3) is 1.69. The van der Waals surface area contributed by atoms with Gasteiger partial charge in [0.15, 0.2) is 5.78 Å². The molecule has 0 fully saturated rings. The van der Waals surface area contributed by atoms with Crippen LogP contribution in [0, 0.1) is 0 Å². The van der Waals surface area contributed by atoms with E-state index in [0.29, 0.717) is 0 Å². The van der Waals surface area contributed by atoms with Crippen LogP contribution in [-0.4, -0.2) is 12.3 Å². The molecule has 0 bridgehead atoms. The minimum Gasteiger partial charge on any atom is -0.384 e. The second-order valence-electron chi connectivity index (χ2n) is 3.33. The van der Waals surface area contributed by atoms with Crippen LogP contribution in [0.15, 0.2) is 18.2 Å². The molecule has 0 aliphatic carbocycles. The van der Waals surface area contributed by atoms with Gasteiger partial charge >= 0.3 is 6.18 Å². The lowest BCUT2D eigenvalue weighted by Gasteiger charge is -2.21. The van der Waals surface area contributed by atoms with Crippen LogP contribution in [0.2, 0.25) is 0 Å². The summed E-state index contributed by atoms with van der Waals surface area (Å²) in [4.78, 5) is 11.4. The zero-order valence-electron chi connectivity index (χ0n) is 7.69. The number of Topliss-reactive ketones (excluding diaryl/α,β-unsaturated/α-hetero) is 1. The summed E-state index contributed by atoms with van der Waals surface area (Å²) in [6.07, 6.45) is -4.18. The lowest BCUT2D eigenvalue weighted by atomic mass is 9.98. The maximum Gasteiger partial charge on any atom is 0.418 e. The van der Waals surface area contributed by atoms with Crippen LogP contribution in [0.4, 0.5) is 18.9 Å². The number of carbonyl (C=O) groups is 1. The first-order chi connectivity index (χ1) is 7.00. The van der Waals surface area contributed by atoms with Crippen LogP contribution >= 0.6 is 0 Å². The molecule has 2 rings (SSSR count). The molecule has 0 saturated heterocycles. The molecule has 1 aromatic rings. The van der Waals surface area contributed by atoms with E-state index in [4.69, 9.17) is 0 Å². The minimum atomic E-state index is -4.42. The van der Waals surface area contributed by atoms with Crippen LogP contribution in [0.1, 0.15) is 22.3 Å². The Morgan fingerprint density at radius 2 is 2.00 bits per heavy atom. The fraction of sp³-hybridized carbons (Fsp3) is 0.300. The van der Waals surface area contributed by atoms with Gasteiger partial charge in [-0.15, -0.1) is 0 Å². The van der Waals surface area contributed by atoms with Crippen molar-refractivity contribution in [3.63, 3.8) is 0 Å². The smallest absolute Gasteiger partial charge is 0.384 e. The highest BCUT2D eigenvalue weighted by molar-refractivity contribution is 6.03. The molecular weight excluding hydrogens is 207 g/mol. The highest BCUT2D eigenvalue weighted by Crippen LogP contribution is 2.38. The third-order valence-electron chi connectivity index (χ3n) is 2.32. The zero-order chi connectivity index (χ0) is 11.1. The second kappa shape index (κ2) is 3.25. The van der Waals surface area contributed by atoms with E-state index in [2.05, 4.69) is 5.32 Å². The fourth-order valence-electron chi connectivity index (χ4n) is 1.65. The number of benzene rings is 1. The van der Waals surface area contributed by atoms with Crippen molar-refractivity contribution in [3.8, 4) is 0 Å². The number of nitrogens with one attached hydrogen (secondary N) is 1. The Morgan fingerprint density at radius 3 is 2.67 bits per heavy atom. The number of ketones is 1. The molecule has 5 heteroatoms. The predicted molar refractivity (Wildman–Crippen MR) is 48.9 cm³/mol. The van der Waals surface area contributed by atoms with Crippen molar-refractivity contribution in [2.45, 2.75) is 12.6 Å². The molecule has 0 amide bonds. The summed E-state index contributed by atoms with van der Waals surface area (Å²) in [5.74, 6) is -0.241. The SMILES string of the molecule is O=C1CCNc2c1cccc2C(F)(F)F. The number of hydrogen-bond donors (Lipinski definition) is 1. The van der Waals surface area contributed by atoms with E-state index in [9.17, 15) is 18.0 Å². The van der Waals surface area contributed by atoms with Crippen LogP contribution in [0.3, 0.4) is 0 Å². The van der Waals surface area contributed by atoms with Crippen molar-refractivity contribution < 1.29 is 18.0 Å². The Bertz CT molecular complexity index is 412. The van der Waals surface area contributed by atoms with Gasteiger partial charge in [0.2, 0.25) is 0 Å². The van der Waals surface area contributed by atoms with Gasteiger partial charge in [-0.25, -0.2) is 0 Å². The highest BCUT2D eigenvalue weighted by atomic mass is 19.4. The summed E-state index contributed by atoms with van der Waals surface area (Å²) in [5, 5.41) is 2.63. The molecule has 0 aromatic heterocycles. The molecule has 0 unspecified atom stereocenters. The molecule has 1 aliphatic rings. The van der Waals surface area contributed by atoms with E-state index in [1.807, 2.05) is 0 Å². The van der Waals surface area contributed by atoms with Crippen molar-refractivity contribution in [1.29, 1.82) is 0 Å². The Morgan fingerprint density at radius 1 is 1.27 bits per heavy atom. The molecule has 0 radical (unpaired) electrons. The van der Waals surface area contributed by atoms with Crippen LogP contribution in [0.25, 0.3) is 0 Å². The maximum absolute atomic E-state index is 12.6. The number of carbonyl (C=O) groups excluding carboxylic acids is 1. The lowest BCUT2D eigenvalue weighted by molar-refractivity contribution is -0.137. The van der Waals surface area contributed by atoms with Gasteiger partial charge in [0.05, 0.1) is 11.3 Å². The quantitative estimate of drug-likeness (QED) is 0.720. The van der Waals surface area contributed by atoms with E-state index in [0.717, 1.165) is 6.07 Å². The highest BCUT2D eigenvalue weighted by Gasteiger charge is 2.35. The number of alkyl halides is 3. The van der Waals surface area contributed by atoms with Crippen molar-refractivity contribution in [1.82, 2.24) is 0 Å². The van der Waals surface area contributed by atoms with Crippen molar-refractivity contribution in [3.05, 3.63) is 29.3 Å². The van der Waals surface area contributed by atoms with Crippen molar-refractivity contribution >= 4 is 11.5 Å². The summed E-state index contributed by atoms with van der Waals surface area (Å²) in [7, 11) is 0. The van der Waals surface area contributed by atoms with Gasteiger partial charge in [-0.05, 0) is 12.1 Å². The number of rotatable bonds is 0. The van der Waals surface area contributed by atoms with Gasteiger partial charge in [0.25, 0.3) is 0 Å². The van der Waals surface area contributed by atoms with E-state index in [-0.39, 0.29) is 30.0 Å². The molecule has 0 saturated carbocycles. The summed E-state index contributed by atoms with van der Waals surface area (Å²) in [6, 6.07) is 3.65. The lowest BCUT2D eigenvalue weighted by Crippen LogP contribution is -2.21. The standard InChI is InChI=1S/C10H8F3NO/c11-10(12,13)7-3-1-2-6-8(15)4-5-14-9(6)7/h1-3,14H,4-5H2. The van der Waals surface area contributed by atoms with Crippen LogP contribution in [-0.2, 0) is 6.18 Å². The minimum absolute atomic E-state index is 0.0822. The summed E-state index contributed by atoms with van der Waals surface area (Å²) >= 11 is 0. The van der Waals surface area contributed by atoms with Crippen LogP contribution in [0.5, 0.6) is 0 Å². The fourth-order valence-corrected chi connectivity index (χ4v) is 1.65. The molecule has 80 valence electrons. The monoisotopic (exact) mass is 215 g/mol. The first kappa shape index (κ1) is 10.0. The Labute approximate surface area is 84.1 Å².